The van der Waals surface area contributed by atoms with E-state index in [4.69, 9.17) is 8.23 Å². The van der Waals surface area contributed by atoms with Gasteiger partial charge in [0.2, 0.25) is 5.91 Å². The molecule has 0 bridgehead atoms. The zero-order chi connectivity index (χ0) is 18.6. The number of hydrogen-bond donors (Lipinski definition) is 1. The second-order valence-electron chi connectivity index (χ2n) is 8.39. The number of carbonyl (C=O) groups is 1. The van der Waals surface area contributed by atoms with Gasteiger partial charge in [-0.05, 0) is 57.8 Å². The van der Waals surface area contributed by atoms with Crippen LogP contribution in [0.3, 0.4) is 0 Å². The molecule has 0 fully saturated rings. The molecule has 0 saturated carbocycles. The first-order valence-electron chi connectivity index (χ1n) is 8.52. The fourth-order valence-electron chi connectivity index (χ4n) is 2.84. The molecule has 0 aliphatic heterocycles. The van der Waals surface area contributed by atoms with Gasteiger partial charge in [-0.2, -0.15) is 0 Å². The van der Waals surface area contributed by atoms with Gasteiger partial charge in [0, 0.05) is 6.92 Å². The minimum atomic E-state index is -2.60. The molecule has 1 amide bonds. The van der Waals surface area contributed by atoms with E-state index >= 15 is 0 Å². The predicted octanol–water partition coefficient (Wildman–Crippen LogP) is 4.05. The third-order valence-corrected chi connectivity index (χ3v) is 13.1. The highest BCUT2D eigenvalue weighted by molar-refractivity contribution is 6.88. The standard InChI is InChI=1S/C17H33NO3Si3/c1-15(19)18-17(14-16-12-10-9-11-13-16)24(8,20-22(2,3)4)21-23(5,6)7/h9-13,17H,14H2,1-8H3,(H,18,19). The molecule has 136 valence electrons. The predicted molar refractivity (Wildman–Crippen MR) is 108 cm³/mol. The van der Waals surface area contributed by atoms with E-state index in [0.717, 1.165) is 6.42 Å². The Kier molecular flexibility index (Phi) is 7.18. The fourth-order valence-corrected chi connectivity index (χ4v) is 15.3. The van der Waals surface area contributed by atoms with Crippen molar-refractivity contribution in [3.05, 3.63) is 35.9 Å². The normalized spacial score (nSPS) is 14.3. The van der Waals surface area contributed by atoms with Gasteiger partial charge < -0.3 is 13.5 Å². The molecule has 0 saturated heterocycles. The monoisotopic (exact) mass is 383 g/mol. The fraction of sp³-hybridized carbons (Fsp3) is 0.588. The van der Waals surface area contributed by atoms with Crippen molar-refractivity contribution in [1.82, 2.24) is 5.32 Å². The van der Waals surface area contributed by atoms with E-state index < -0.39 is 25.2 Å². The van der Waals surface area contributed by atoms with E-state index in [1.54, 1.807) is 6.92 Å². The zero-order valence-electron chi connectivity index (χ0n) is 16.4. The molecule has 1 rings (SSSR count). The van der Waals surface area contributed by atoms with E-state index in [2.05, 4.69) is 63.3 Å². The summed E-state index contributed by atoms with van der Waals surface area (Å²) in [6.07, 6.45) is 0.734. The Labute approximate surface area is 150 Å². The van der Waals surface area contributed by atoms with Gasteiger partial charge in [-0.1, -0.05) is 30.3 Å². The first-order chi connectivity index (χ1) is 10.8. The van der Waals surface area contributed by atoms with Crippen LogP contribution in [0.25, 0.3) is 0 Å². The van der Waals surface area contributed by atoms with Gasteiger partial charge in [0.25, 0.3) is 0 Å². The number of rotatable bonds is 8. The molecule has 0 aliphatic carbocycles. The molecular formula is C17H33NO3Si3. The van der Waals surface area contributed by atoms with Crippen molar-refractivity contribution in [2.24, 2.45) is 0 Å². The molecular weight excluding hydrogens is 350 g/mol. The first kappa shape index (κ1) is 21.3. The number of carbonyl (C=O) groups excluding carboxylic acids is 1. The third kappa shape index (κ3) is 7.89. The quantitative estimate of drug-likeness (QED) is 0.689. The molecule has 1 unspecified atom stereocenters. The Bertz CT molecular complexity index is 522. The van der Waals surface area contributed by atoms with Crippen molar-refractivity contribution >= 4 is 31.1 Å². The summed E-state index contributed by atoms with van der Waals surface area (Å²) >= 11 is 0. The Morgan fingerprint density at radius 3 is 1.79 bits per heavy atom. The molecule has 1 atom stereocenters. The minimum absolute atomic E-state index is 0.0343. The van der Waals surface area contributed by atoms with E-state index in [-0.39, 0.29) is 11.6 Å². The van der Waals surface area contributed by atoms with Crippen LogP contribution in [0, 0.1) is 0 Å². The first-order valence-corrected chi connectivity index (χ1v) is 17.7. The Balaban J connectivity index is 3.19. The second kappa shape index (κ2) is 8.09. The van der Waals surface area contributed by atoms with Crippen molar-refractivity contribution in [3.63, 3.8) is 0 Å². The van der Waals surface area contributed by atoms with Crippen molar-refractivity contribution in [1.29, 1.82) is 0 Å². The van der Waals surface area contributed by atoms with Crippen LogP contribution in [-0.2, 0) is 19.4 Å². The van der Waals surface area contributed by atoms with Gasteiger partial charge in [-0.15, -0.1) is 0 Å². The average Bonchev–Trinajstić information content (AvgIpc) is 2.34. The molecule has 4 nitrogen and oxygen atoms in total. The average molecular weight is 384 g/mol. The van der Waals surface area contributed by atoms with Gasteiger partial charge in [0.15, 0.2) is 16.6 Å². The van der Waals surface area contributed by atoms with Crippen LogP contribution in [0.4, 0.5) is 0 Å². The lowest BCUT2D eigenvalue weighted by Crippen LogP contribution is -2.65. The maximum absolute atomic E-state index is 11.8. The smallest absolute Gasteiger partial charge is 0.337 e. The Morgan fingerprint density at radius 2 is 1.42 bits per heavy atom. The van der Waals surface area contributed by atoms with Gasteiger partial charge in [-0.25, -0.2) is 0 Å². The summed E-state index contributed by atoms with van der Waals surface area (Å²) in [4.78, 5) is 11.8. The van der Waals surface area contributed by atoms with Crippen molar-refractivity contribution in [2.45, 2.75) is 64.8 Å². The molecule has 7 heteroatoms. The highest BCUT2D eigenvalue weighted by Gasteiger charge is 2.47. The van der Waals surface area contributed by atoms with Gasteiger partial charge in [0.1, 0.15) is 0 Å². The van der Waals surface area contributed by atoms with Crippen LogP contribution >= 0.6 is 0 Å². The summed E-state index contributed by atoms with van der Waals surface area (Å²) in [5.74, 6) is -0.0343. The molecule has 1 aromatic rings. The highest BCUT2D eigenvalue weighted by Crippen LogP contribution is 2.25. The van der Waals surface area contributed by atoms with E-state index in [0.29, 0.717) is 0 Å². The van der Waals surface area contributed by atoms with E-state index in [1.165, 1.54) is 5.56 Å². The van der Waals surface area contributed by atoms with Gasteiger partial charge >= 0.3 is 8.56 Å². The van der Waals surface area contributed by atoms with Crippen LogP contribution in [0.15, 0.2) is 30.3 Å². The van der Waals surface area contributed by atoms with Crippen molar-refractivity contribution < 1.29 is 13.0 Å². The van der Waals surface area contributed by atoms with Crippen LogP contribution in [0.2, 0.25) is 45.8 Å². The number of amides is 1. The largest absolute Gasteiger partial charge is 0.435 e. The summed E-state index contributed by atoms with van der Waals surface area (Å²) in [5.41, 5.74) is 1.09. The molecule has 0 aliphatic rings. The lowest BCUT2D eigenvalue weighted by atomic mass is 10.1. The molecule has 1 N–H and O–H groups in total. The van der Waals surface area contributed by atoms with Crippen molar-refractivity contribution in [2.75, 3.05) is 0 Å². The molecule has 0 radical (unpaired) electrons. The second-order valence-corrected chi connectivity index (χ2v) is 21.2. The van der Waals surface area contributed by atoms with Crippen molar-refractivity contribution in [3.8, 4) is 0 Å². The van der Waals surface area contributed by atoms with Crippen LogP contribution in [0.1, 0.15) is 12.5 Å². The molecule has 24 heavy (non-hydrogen) atoms. The Morgan fingerprint density at radius 1 is 0.958 bits per heavy atom. The molecule has 0 heterocycles. The zero-order valence-corrected chi connectivity index (χ0v) is 19.4. The molecule has 1 aromatic carbocycles. The number of benzene rings is 1. The summed E-state index contributed by atoms with van der Waals surface area (Å²) in [7, 11) is -6.24. The maximum atomic E-state index is 11.8. The number of hydrogen-bond acceptors (Lipinski definition) is 3. The molecule has 0 spiro atoms. The Hall–Kier alpha value is -0.739. The van der Waals surface area contributed by atoms with Gasteiger partial charge in [-0.3, -0.25) is 4.79 Å². The molecule has 0 aromatic heterocycles. The summed E-state index contributed by atoms with van der Waals surface area (Å²) < 4.78 is 13.2. The SMILES string of the molecule is CC(=O)NC(Cc1ccccc1)[Si](C)(O[Si](C)(C)C)O[Si](C)(C)C. The summed E-state index contributed by atoms with van der Waals surface area (Å²) in [6, 6.07) is 10.2. The maximum Gasteiger partial charge on any atom is 0.337 e. The highest BCUT2D eigenvalue weighted by atomic mass is 28.5. The van der Waals surface area contributed by atoms with Crippen LogP contribution in [0.5, 0.6) is 0 Å². The summed E-state index contributed by atoms with van der Waals surface area (Å²) in [6.45, 7) is 16.8. The lowest BCUT2D eigenvalue weighted by Gasteiger charge is -2.43. The minimum Gasteiger partial charge on any atom is -0.435 e. The topological polar surface area (TPSA) is 47.6 Å². The van der Waals surface area contributed by atoms with E-state index in [1.807, 2.05) is 18.2 Å². The summed E-state index contributed by atoms with van der Waals surface area (Å²) in [5, 5.41) is 3.13. The number of nitrogens with one attached hydrogen (secondary N) is 1. The van der Waals surface area contributed by atoms with Gasteiger partial charge in [0.05, 0.1) is 5.67 Å². The van der Waals surface area contributed by atoms with Crippen LogP contribution < -0.4 is 5.32 Å². The third-order valence-electron chi connectivity index (χ3n) is 3.31. The lowest BCUT2D eigenvalue weighted by molar-refractivity contribution is -0.119. The van der Waals surface area contributed by atoms with Crippen LogP contribution in [-0.4, -0.2) is 36.8 Å². The van der Waals surface area contributed by atoms with E-state index in [9.17, 15) is 4.79 Å².